The average molecular weight is 244 g/mol. The van der Waals surface area contributed by atoms with Gasteiger partial charge in [-0.15, -0.1) is 0 Å². The molecule has 0 aromatic heterocycles. The number of carbonyl (C=O) groups excluding carboxylic acids is 1. The monoisotopic (exact) mass is 244 g/mol. The second-order valence-electron chi connectivity index (χ2n) is 4.74. The van der Waals surface area contributed by atoms with Gasteiger partial charge in [-0.2, -0.15) is 5.10 Å². The molecule has 1 saturated heterocycles. The number of amides is 1. The summed E-state index contributed by atoms with van der Waals surface area (Å²) in [5, 5.41) is 4.19. The van der Waals surface area contributed by atoms with E-state index < -0.39 is 0 Å². The lowest BCUT2D eigenvalue weighted by Crippen LogP contribution is -2.55. The number of rotatable bonds is 1. The van der Waals surface area contributed by atoms with Gasteiger partial charge in [0.2, 0.25) is 0 Å². The number of fused-ring (bicyclic) bond motifs is 1. The first-order chi connectivity index (χ1) is 8.75. The van der Waals surface area contributed by atoms with E-state index in [-0.39, 0.29) is 11.9 Å². The van der Waals surface area contributed by atoms with Crippen LogP contribution < -0.4 is 11.2 Å². The van der Waals surface area contributed by atoms with Gasteiger partial charge in [-0.05, 0) is 31.4 Å². The lowest BCUT2D eigenvalue weighted by Gasteiger charge is -2.39. The molecule has 1 atom stereocenters. The molecule has 0 spiro atoms. The van der Waals surface area contributed by atoms with Crippen molar-refractivity contribution in [2.45, 2.75) is 25.3 Å². The first-order valence-corrected chi connectivity index (χ1v) is 6.26. The fourth-order valence-electron chi connectivity index (χ4n) is 2.61. The smallest absolute Gasteiger partial charge is 0.262 e. The molecule has 2 heterocycles. The molecular formula is C13H16N4O. The molecule has 0 saturated carbocycles. The maximum absolute atomic E-state index is 11.8. The average Bonchev–Trinajstić information content (AvgIpc) is 2.39. The van der Waals surface area contributed by atoms with Gasteiger partial charge >= 0.3 is 0 Å². The molecule has 3 rings (SSSR count). The van der Waals surface area contributed by atoms with Crippen molar-refractivity contribution in [3.05, 3.63) is 29.8 Å². The number of hydrogen-bond acceptors (Lipinski definition) is 4. The van der Waals surface area contributed by atoms with E-state index >= 15 is 0 Å². The van der Waals surface area contributed by atoms with Crippen molar-refractivity contribution in [2.75, 3.05) is 12.3 Å². The van der Waals surface area contributed by atoms with E-state index in [9.17, 15) is 4.79 Å². The Hall–Kier alpha value is -2.04. The van der Waals surface area contributed by atoms with Gasteiger partial charge in [0.1, 0.15) is 6.04 Å². The Morgan fingerprint density at radius 2 is 2.28 bits per heavy atom. The molecule has 94 valence electrons. The summed E-state index contributed by atoms with van der Waals surface area (Å²) >= 11 is 0. The van der Waals surface area contributed by atoms with E-state index in [0.29, 0.717) is 5.69 Å². The lowest BCUT2D eigenvalue weighted by molar-refractivity contribution is -0.126. The molecule has 1 aromatic rings. The minimum absolute atomic E-state index is 0.00218. The zero-order chi connectivity index (χ0) is 12.5. The first kappa shape index (κ1) is 11.1. The van der Waals surface area contributed by atoms with E-state index in [4.69, 9.17) is 5.73 Å². The van der Waals surface area contributed by atoms with Gasteiger partial charge in [-0.3, -0.25) is 4.79 Å². The number of hydrogen-bond donors (Lipinski definition) is 2. The molecule has 2 aliphatic rings. The van der Waals surface area contributed by atoms with E-state index in [1.165, 1.54) is 0 Å². The van der Waals surface area contributed by atoms with Crippen LogP contribution in [-0.4, -0.2) is 29.2 Å². The van der Waals surface area contributed by atoms with Gasteiger partial charge < -0.3 is 10.6 Å². The van der Waals surface area contributed by atoms with E-state index in [1.807, 2.05) is 24.3 Å². The van der Waals surface area contributed by atoms with Gasteiger partial charge in [0.15, 0.2) is 5.84 Å². The summed E-state index contributed by atoms with van der Waals surface area (Å²) in [6, 6.07) is 7.54. The Kier molecular flexibility index (Phi) is 2.66. The van der Waals surface area contributed by atoms with Crippen molar-refractivity contribution >= 4 is 17.4 Å². The zero-order valence-corrected chi connectivity index (χ0v) is 10.1. The molecule has 1 aromatic carbocycles. The number of nitrogen functional groups attached to an aromatic ring is 1. The summed E-state index contributed by atoms with van der Waals surface area (Å²) in [4.78, 5) is 13.9. The van der Waals surface area contributed by atoms with E-state index in [0.717, 1.165) is 37.2 Å². The fraction of sp³-hybridized carbons (Fsp3) is 0.385. The molecule has 2 aliphatic heterocycles. The number of nitrogens with zero attached hydrogens (tertiary/aromatic N) is 2. The normalized spacial score (nSPS) is 23.1. The van der Waals surface area contributed by atoms with Crippen LogP contribution in [0.2, 0.25) is 0 Å². The van der Waals surface area contributed by atoms with E-state index in [1.54, 1.807) is 0 Å². The Labute approximate surface area is 106 Å². The third-order valence-electron chi connectivity index (χ3n) is 3.49. The number of hydrazone groups is 1. The zero-order valence-electron chi connectivity index (χ0n) is 10.1. The van der Waals surface area contributed by atoms with Crippen LogP contribution in [0.15, 0.2) is 29.4 Å². The van der Waals surface area contributed by atoms with Crippen molar-refractivity contribution in [1.29, 1.82) is 0 Å². The van der Waals surface area contributed by atoms with Gasteiger partial charge in [0.25, 0.3) is 5.91 Å². The van der Waals surface area contributed by atoms with Gasteiger partial charge in [-0.25, -0.2) is 5.43 Å². The molecule has 5 heteroatoms. The van der Waals surface area contributed by atoms with Crippen molar-refractivity contribution in [1.82, 2.24) is 10.3 Å². The molecule has 1 fully saturated rings. The van der Waals surface area contributed by atoms with Gasteiger partial charge in [0.05, 0.1) is 0 Å². The highest BCUT2D eigenvalue weighted by atomic mass is 16.2. The Bertz CT molecular complexity index is 511. The molecular weight excluding hydrogens is 228 g/mol. The summed E-state index contributed by atoms with van der Waals surface area (Å²) in [5.41, 5.74) is 10.1. The molecule has 18 heavy (non-hydrogen) atoms. The standard InChI is InChI=1S/C13H16N4O/c14-10-5-3-4-9(8-10)12-15-16-13(18)11-6-1-2-7-17(11)12/h3-5,8,11H,1-2,6-7,14H2,(H,16,18). The van der Waals surface area contributed by atoms with Crippen LogP contribution >= 0.6 is 0 Å². The van der Waals surface area contributed by atoms with Crippen molar-refractivity contribution < 1.29 is 4.79 Å². The molecule has 1 unspecified atom stereocenters. The second-order valence-corrected chi connectivity index (χ2v) is 4.74. The van der Waals surface area contributed by atoms with Crippen LogP contribution in [0.4, 0.5) is 5.69 Å². The molecule has 1 amide bonds. The minimum Gasteiger partial charge on any atom is -0.399 e. The highest BCUT2D eigenvalue weighted by Crippen LogP contribution is 2.23. The van der Waals surface area contributed by atoms with Crippen LogP contribution in [0.25, 0.3) is 0 Å². The number of benzene rings is 1. The molecule has 3 N–H and O–H groups in total. The summed E-state index contributed by atoms with van der Waals surface area (Å²) in [6.45, 7) is 0.881. The van der Waals surface area contributed by atoms with Crippen LogP contribution in [0, 0.1) is 0 Å². The summed E-state index contributed by atoms with van der Waals surface area (Å²) in [7, 11) is 0. The summed E-state index contributed by atoms with van der Waals surface area (Å²) in [6.07, 6.45) is 3.09. The lowest BCUT2D eigenvalue weighted by atomic mass is 9.99. The van der Waals surface area contributed by atoms with Crippen LogP contribution in [-0.2, 0) is 4.79 Å². The number of nitrogens with one attached hydrogen (secondary N) is 1. The van der Waals surface area contributed by atoms with Crippen LogP contribution in [0.1, 0.15) is 24.8 Å². The predicted molar refractivity (Wildman–Crippen MR) is 69.9 cm³/mol. The number of anilines is 1. The topological polar surface area (TPSA) is 70.7 Å². The molecule has 5 nitrogen and oxygen atoms in total. The van der Waals surface area contributed by atoms with Crippen molar-refractivity contribution in [2.24, 2.45) is 5.10 Å². The van der Waals surface area contributed by atoms with Crippen molar-refractivity contribution in [3.8, 4) is 0 Å². The number of nitrogens with two attached hydrogens (primary N) is 1. The first-order valence-electron chi connectivity index (χ1n) is 6.26. The quantitative estimate of drug-likeness (QED) is 0.721. The molecule has 0 radical (unpaired) electrons. The molecule has 0 aliphatic carbocycles. The predicted octanol–water partition coefficient (Wildman–Crippen LogP) is 0.915. The highest BCUT2D eigenvalue weighted by molar-refractivity contribution is 6.04. The summed E-state index contributed by atoms with van der Waals surface area (Å²) < 4.78 is 0. The SMILES string of the molecule is Nc1cccc(C2=NNC(=O)C3CCCCN23)c1. The van der Waals surface area contributed by atoms with Crippen LogP contribution in [0.5, 0.6) is 0 Å². The van der Waals surface area contributed by atoms with Crippen molar-refractivity contribution in [3.63, 3.8) is 0 Å². The highest BCUT2D eigenvalue weighted by Gasteiger charge is 2.34. The Balaban J connectivity index is 1.98. The third kappa shape index (κ3) is 1.81. The van der Waals surface area contributed by atoms with Gasteiger partial charge in [-0.1, -0.05) is 12.1 Å². The maximum Gasteiger partial charge on any atom is 0.262 e. The maximum atomic E-state index is 11.8. The van der Waals surface area contributed by atoms with Gasteiger partial charge in [0, 0.05) is 17.8 Å². The minimum atomic E-state index is -0.0762. The number of carbonyl (C=O) groups is 1. The summed E-state index contributed by atoms with van der Waals surface area (Å²) in [5.74, 6) is 0.828. The largest absolute Gasteiger partial charge is 0.399 e. The van der Waals surface area contributed by atoms with E-state index in [2.05, 4.69) is 15.4 Å². The van der Waals surface area contributed by atoms with Crippen LogP contribution in [0.3, 0.4) is 0 Å². The number of amidine groups is 1. The second kappa shape index (κ2) is 4.33. The fourth-order valence-corrected chi connectivity index (χ4v) is 2.61. The molecule has 0 bridgehead atoms. The third-order valence-corrected chi connectivity index (χ3v) is 3.49. The Morgan fingerprint density at radius 3 is 3.11 bits per heavy atom. The Morgan fingerprint density at radius 1 is 1.39 bits per heavy atom. The number of piperidine rings is 1.